The maximum Gasteiger partial charge on any atom is 0.264 e. The highest BCUT2D eigenvalue weighted by molar-refractivity contribution is 9.10. The van der Waals surface area contributed by atoms with Crippen LogP contribution in [0.15, 0.2) is 77.3 Å². The van der Waals surface area contributed by atoms with Crippen LogP contribution < -0.4 is 5.32 Å². The largest absolute Gasteiger partial charge is 0.449 e. The molecule has 0 bridgehead atoms. The van der Waals surface area contributed by atoms with Crippen LogP contribution in [0, 0.1) is 6.92 Å². The molecule has 1 aliphatic heterocycles. The maximum absolute atomic E-state index is 12.4. The first-order chi connectivity index (χ1) is 14.4. The van der Waals surface area contributed by atoms with Gasteiger partial charge in [-0.25, -0.2) is 4.99 Å². The zero-order valence-electron chi connectivity index (χ0n) is 15.4. The molecule has 0 unspecified atom stereocenters. The van der Waals surface area contributed by atoms with E-state index in [-0.39, 0.29) is 5.91 Å². The van der Waals surface area contributed by atoms with E-state index in [9.17, 15) is 4.79 Å². The van der Waals surface area contributed by atoms with Crippen molar-refractivity contribution >= 4 is 85.5 Å². The topological polar surface area (TPSA) is 54.6 Å². The van der Waals surface area contributed by atoms with Crippen LogP contribution >= 0.6 is 62.7 Å². The molecule has 0 atom stereocenters. The van der Waals surface area contributed by atoms with E-state index in [0.717, 1.165) is 14.9 Å². The van der Waals surface area contributed by atoms with Crippen LogP contribution in [0.5, 0.6) is 0 Å². The van der Waals surface area contributed by atoms with E-state index in [4.69, 9.17) is 27.6 Å². The zero-order chi connectivity index (χ0) is 21.3. The molecule has 0 saturated carbocycles. The molecule has 1 fully saturated rings. The van der Waals surface area contributed by atoms with Gasteiger partial charge in [-0.3, -0.25) is 4.79 Å². The van der Waals surface area contributed by atoms with Crippen LogP contribution in [0.3, 0.4) is 0 Å². The summed E-state index contributed by atoms with van der Waals surface area (Å²) in [6.07, 6.45) is 1.70. The van der Waals surface area contributed by atoms with E-state index in [1.54, 1.807) is 18.2 Å². The number of carbonyl (C=O) groups excluding carboxylic acids is 1. The monoisotopic (exact) mass is 538 g/mol. The Morgan fingerprint density at radius 1 is 1.13 bits per heavy atom. The normalized spacial score (nSPS) is 16.5. The average Bonchev–Trinajstić information content (AvgIpc) is 3.22. The molecule has 0 aliphatic carbocycles. The summed E-state index contributed by atoms with van der Waals surface area (Å²) >= 11 is 18.2. The standard InChI is InChI=1S/C21H13BrCl2N2O2S2/c1-11-2-3-13(24)8-17(11)25-21-26-19(27)18(30-21)10-14-9-16(22)20(28-14)29-15-6-4-12(23)5-7-15/h2-10H,1H3,(H,25,26,27)/b18-10-. The van der Waals surface area contributed by atoms with Crippen molar-refractivity contribution < 1.29 is 9.21 Å². The van der Waals surface area contributed by atoms with Gasteiger partial charge in [0.1, 0.15) is 5.76 Å². The number of thioether (sulfide) groups is 1. The van der Waals surface area contributed by atoms with Crippen LogP contribution in [-0.4, -0.2) is 11.1 Å². The van der Waals surface area contributed by atoms with E-state index < -0.39 is 0 Å². The molecule has 3 aromatic rings. The fourth-order valence-electron chi connectivity index (χ4n) is 2.54. The van der Waals surface area contributed by atoms with Crippen molar-refractivity contribution in [2.75, 3.05) is 0 Å². The smallest absolute Gasteiger partial charge is 0.264 e. The first-order valence-electron chi connectivity index (χ1n) is 8.66. The number of nitrogens with one attached hydrogen (secondary N) is 1. The molecule has 0 radical (unpaired) electrons. The summed E-state index contributed by atoms with van der Waals surface area (Å²) in [6, 6.07) is 14.8. The molecule has 9 heteroatoms. The molecule has 4 nitrogen and oxygen atoms in total. The van der Waals surface area contributed by atoms with Crippen LogP contribution in [0.4, 0.5) is 5.69 Å². The first-order valence-corrected chi connectivity index (χ1v) is 11.8. The number of aryl methyl sites for hydroxylation is 1. The number of nitrogens with zero attached hydrogens (tertiary/aromatic N) is 1. The number of aliphatic imine (C=N–C) groups is 1. The molecule has 1 aromatic heterocycles. The molecule has 1 aliphatic rings. The third-order valence-corrected chi connectivity index (χ3v) is 7.26. The minimum atomic E-state index is -0.224. The Balaban J connectivity index is 1.53. The number of hydrogen-bond acceptors (Lipinski definition) is 5. The number of amidine groups is 1. The van der Waals surface area contributed by atoms with Crippen molar-refractivity contribution in [2.24, 2.45) is 4.99 Å². The lowest BCUT2D eigenvalue weighted by atomic mass is 10.2. The van der Waals surface area contributed by atoms with Crippen molar-refractivity contribution in [3.63, 3.8) is 0 Å². The molecule has 0 spiro atoms. The van der Waals surface area contributed by atoms with Crippen LogP contribution in [0.1, 0.15) is 11.3 Å². The fraction of sp³-hybridized carbons (Fsp3) is 0.0476. The lowest BCUT2D eigenvalue weighted by Gasteiger charge is -2.01. The highest BCUT2D eigenvalue weighted by atomic mass is 79.9. The lowest BCUT2D eigenvalue weighted by molar-refractivity contribution is -0.115. The number of benzene rings is 2. The number of furan rings is 1. The van der Waals surface area contributed by atoms with Gasteiger partial charge in [0.25, 0.3) is 5.91 Å². The van der Waals surface area contributed by atoms with Gasteiger partial charge < -0.3 is 9.73 Å². The number of amides is 1. The summed E-state index contributed by atoms with van der Waals surface area (Å²) in [6.45, 7) is 1.94. The Morgan fingerprint density at radius 3 is 2.63 bits per heavy atom. The van der Waals surface area contributed by atoms with Crippen molar-refractivity contribution in [3.05, 3.63) is 79.3 Å². The van der Waals surface area contributed by atoms with Gasteiger partial charge in [-0.05, 0) is 82.6 Å². The molecular weight excluding hydrogens is 527 g/mol. The second-order valence-corrected chi connectivity index (χ2v) is 10.1. The summed E-state index contributed by atoms with van der Waals surface area (Å²) in [5, 5.41) is 5.24. The Hall–Kier alpha value is -1.64. The van der Waals surface area contributed by atoms with Crippen LogP contribution in [0.2, 0.25) is 10.0 Å². The van der Waals surface area contributed by atoms with Crippen LogP contribution in [-0.2, 0) is 4.79 Å². The summed E-state index contributed by atoms with van der Waals surface area (Å²) in [5.41, 5.74) is 1.69. The Bertz CT molecular complexity index is 1190. The van der Waals surface area contributed by atoms with Gasteiger partial charge in [0, 0.05) is 21.0 Å². The first kappa shape index (κ1) is 21.6. The Morgan fingerprint density at radius 2 is 1.87 bits per heavy atom. The average molecular weight is 540 g/mol. The molecule has 152 valence electrons. The summed E-state index contributed by atoms with van der Waals surface area (Å²) in [4.78, 5) is 18.4. The molecular formula is C21H13BrCl2N2O2S2. The van der Waals surface area contributed by atoms with Gasteiger partial charge >= 0.3 is 0 Å². The number of rotatable bonds is 4. The molecule has 2 heterocycles. The van der Waals surface area contributed by atoms with Gasteiger partial charge in [-0.2, -0.15) is 0 Å². The van der Waals surface area contributed by atoms with Gasteiger partial charge in [0.15, 0.2) is 10.3 Å². The Labute approximate surface area is 200 Å². The third kappa shape index (κ3) is 5.15. The van der Waals surface area contributed by atoms with Gasteiger partial charge in [0.2, 0.25) is 0 Å². The summed E-state index contributed by atoms with van der Waals surface area (Å²) in [5.74, 6) is 0.342. The van der Waals surface area contributed by atoms with E-state index in [2.05, 4.69) is 26.2 Å². The lowest BCUT2D eigenvalue weighted by Crippen LogP contribution is -2.19. The molecule has 4 rings (SSSR count). The van der Waals surface area contributed by atoms with Crippen molar-refractivity contribution in [1.82, 2.24) is 5.32 Å². The van der Waals surface area contributed by atoms with E-state index in [1.807, 2.05) is 43.3 Å². The summed E-state index contributed by atoms with van der Waals surface area (Å²) < 4.78 is 6.71. The van der Waals surface area contributed by atoms with E-state index in [1.165, 1.54) is 23.5 Å². The van der Waals surface area contributed by atoms with Gasteiger partial charge in [0.05, 0.1) is 15.1 Å². The molecule has 1 N–H and O–H groups in total. The second-order valence-electron chi connectivity index (χ2n) is 6.25. The maximum atomic E-state index is 12.4. The van der Waals surface area contributed by atoms with Crippen LogP contribution in [0.25, 0.3) is 6.08 Å². The minimum Gasteiger partial charge on any atom is -0.449 e. The van der Waals surface area contributed by atoms with Gasteiger partial charge in [-0.1, -0.05) is 41.0 Å². The van der Waals surface area contributed by atoms with Crippen molar-refractivity contribution in [3.8, 4) is 0 Å². The zero-order valence-corrected chi connectivity index (χ0v) is 20.1. The number of halogens is 3. The van der Waals surface area contributed by atoms with Crippen molar-refractivity contribution in [2.45, 2.75) is 16.9 Å². The highest BCUT2D eigenvalue weighted by Crippen LogP contribution is 2.38. The predicted octanol–water partition coefficient (Wildman–Crippen LogP) is 7.70. The van der Waals surface area contributed by atoms with E-state index >= 15 is 0 Å². The minimum absolute atomic E-state index is 0.224. The third-order valence-electron chi connectivity index (χ3n) is 4.02. The predicted molar refractivity (Wildman–Crippen MR) is 129 cm³/mol. The van der Waals surface area contributed by atoms with Crippen molar-refractivity contribution in [1.29, 1.82) is 0 Å². The molecule has 1 amide bonds. The fourth-order valence-corrected chi connectivity index (χ4v) is 4.98. The van der Waals surface area contributed by atoms with Gasteiger partial charge in [-0.15, -0.1) is 0 Å². The summed E-state index contributed by atoms with van der Waals surface area (Å²) in [7, 11) is 0. The SMILES string of the molecule is Cc1ccc(Cl)cc1N=C1NC(=O)/C(=C/c2cc(Br)c(Sc3ccc(Cl)cc3)o2)S1. The molecule has 1 saturated heterocycles. The number of hydrogen-bond donors (Lipinski definition) is 1. The molecule has 30 heavy (non-hydrogen) atoms. The second kappa shape index (κ2) is 9.24. The Kier molecular flexibility index (Phi) is 6.65. The highest BCUT2D eigenvalue weighted by Gasteiger charge is 2.25. The quantitative estimate of drug-likeness (QED) is 0.345. The number of carbonyl (C=O) groups is 1. The molecule has 2 aromatic carbocycles. The van der Waals surface area contributed by atoms with E-state index in [0.29, 0.717) is 36.7 Å².